The first-order valence-corrected chi connectivity index (χ1v) is 11.9. The van der Waals surface area contributed by atoms with Crippen LogP contribution in [0.25, 0.3) is 0 Å². The monoisotopic (exact) mass is 422 g/mol. The summed E-state index contributed by atoms with van der Waals surface area (Å²) in [5, 5.41) is 0. The number of unbranched alkanes of at least 4 members (excludes halogenated alkanes) is 2. The van der Waals surface area contributed by atoms with Crippen molar-refractivity contribution in [3.63, 3.8) is 0 Å². The van der Waals surface area contributed by atoms with Gasteiger partial charge >= 0.3 is 0 Å². The van der Waals surface area contributed by atoms with Gasteiger partial charge in [-0.15, -0.1) is 0 Å². The Labute approximate surface area is 180 Å². The molecule has 0 saturated heterocycles. The molecule has 3 rings (SSSR count). The quantitative estimate of drug-likeness (QED) is 0.287. The minimum absolute atomic E-state index is 0.0231. The Morgan fingerprint density at radius 3 is 2.40 bits per heavy atom. The zero-order valence-corrected chi connectivity index (χ0v) is 18.5. The first-order valence-electron chi connectivity index (χ1n) is 11.9. The van der Waals surface area contributed by atoms with E-state index in [0.29, 0.717) is 12.5 Å². The van der Waals surface area contributed by atoms with E-state index in [2.05, 4.69) is 19.1 Å². The maximum atomic E-state index is 14.1. The smallest absolute Gasteiger partial charge is 0.270 e. The highest BCUT2D eigenvalue weighted by Gasteiger charge is 2.29. The van der Waals surface area contributed by atoms with Gasteiger partial charge in [0.05, 0.1) is 12.2 Å². The Balaban J connectivity index is 1.47. The van der Waals surface area contributed by atoms with Crippen LogP contribution in [0, 0.1) is 36.4 Å². The lowest BCUT2D eigenvalue weighted by Crippen LogP contribution is -2.24. The van der Waals surface area contributed by atoms with E-state index in [9.17, 15) is 13.2 Å². The van der Waals surface area contributed by atoms with Crippen LogP contribution < -0.4 is 4.74 Å². The summed E-state index contributed by atoms with van der Waals surface area (Å²) in [6.45, 7) is 4.09. The summed E-state index contributed by atoms with van der Waals surface area (Å²) in [5.41, 5.74) is -0.387. The average molecular weight is 423 g/mol. The molecule has 1 aromatic carbocycles. The summed E-state index contributed by atoms with van der Waals surface area (Å²) >= 11 is 0. The van der Waals surface area contributed by atoms with E-state index in [0.717, 1.165) is 24.7 Å². The maximum absolute atomic E-state index is 14.1. The maximum Gasteiger partial charge on any atom is 0.270 e. The largest absolute Gasteiger partial charge is 0.492 e. The first kappa shape index (κ1) is 23.2. The summed E-state index contributed by atoms with van der Waals surface area (Å²) in [5.74, 6) is 1.70. The van der Waals surface area contributed by atoms with Gasteiger partial charge in [0.2, 0.25) is 0 Å². The SMILES string of the molecule is CCCCCC1CCC(C2C=CC(COc3ccc(C)c(F)c3C(F)F)CC2)CC1. The number of benzene rings is 1. The van der Waals surface area contributed by atoms with E-state index in [1.165, 1.54) is 70.4 Å². The van der Waals surface area contributed by atoms with Crippen LogP contribution in [0.3, 0.4) is 0 Å². The molecule has 0 bridgehead atoms. The molecule has 0 heterocycles. The molecule has 1 saturated carbocycles. The van der Waals surface area contributed by atoms with Gasteiger partial charge in [-0.25, -0.2) is 13.2 Å². The molecule has 0 N–H and O–H groups in total. The fraction of sp³-hybridized carbons (Fsp3) is 0.692. The van der Waals surface area contributed by atoms with Gasteiger partial charge < -0.3 is 4.74 Å². The van der Waals surface area contributed by atoms with Gasteiger partial charge in [0.15, 0.2) is 0 Å². The van der Waals surface area contributed by atoms with E-state index in [1.807, 2.05) is 0 Å². The molecule has 2 aliphatic rings. The summed E-state index contributed by atoms with van der Waals surface area (Å²) in [6.07, 6.45) is 14.7. The molecular formula is C26H37F3O. The van der Waals surface area contributed by atoms with Crippen molar-refractivity contribution < 1.29 is 17.9 Å². The summed E-state index contributed by atoms with van der Waals surface area (Å²) < 4.78 is 46.3. The first-order chi connectivity index (χ1) is 14.5. The number of rotatable bonds is 9. The molecule has 2 atom stereocenters. The minimum Gasteiger partial charge on any atom is -0.492 e. The third-order valence-corrected chi connectivity index (χ3v) is 7.22. The fourth-order valence-corrected chi connectivity index (χ4v) is 5.23. The van der Waals surface area contributed by atoms with Crippen molar-refractivity contribution in [2.45, 2.75) is 84.5 Å². The van der Waals surface area contributed by atoms with Gasteiger partial charge in [-0.05, 0) is 62.0 Å². The molecule has 0 amide bonds. The van der Waals surface area contributed by atoms with E-state index < -0.39 is 17.8 Å². The van der Waals surface area contributed by atoms with Crippen LogP contribution in [0.2, 0.25) is 0 Å². The molecule has 1 fully saturated rings. The molecule has 0 radical (unpaired) electrons. The van der Waals surface area contributed by atoms with Gasteiger partial charge in [-0.1, -0.05) is 63.7 Å². The summed E-state index contributed by atoms with van der Waals surface area (Å²) in [7, 11) is 0. The zero-order valence-electron chi connectivity index (χ0n) is 18.5. The Bertz CT molecular complexity index is 692. The van der Waals surface area contributed by atoms with Crippen LogP contribution in [0.1, 0.15) is 88.7 Å². The zero-order chi connectivity index (χ0) is 21.5. The van der Waals surface area contributed by atoms with Crippen molar-refractivity contribution >= 4 is 0 Å². The van der Waals surface area contributed by atoms with E-state index in [1.54, 1.807) is 0 Å². The van der Waals surface area contributed by atoms with Gasteiger partial charge in [0, 0.05) is 5.92 Å². The highest BCUT2D eigenvalue weighted by molar-refractivity contribution is 5.39. The van der Waals surface area contributed by atoms with Crippen molar-refractivity contribution in [2.75, 3.05) is 6.61 Å². The van der Waals surface area contributed by atoms with Crippen LogP contribution >= 0.6 is 0 Å². The van der Waals surface area contributed by atoms with Crippen molar-refractivity contribution in [1.82, 2.24) is 0 Å². The van der Waals surface area contributed by atoms with Crippen LogP contribution in [0.15, 0.2) is 24.3 Å². The van der Waals surface area contributed by atoms with E-state index >= 15 is 0 Å². The normalized spacial score (nSPS) is 26.9. The minimum atomic E-state index is -2.87. The summed E-state index contributed by atoms with van der Waals surface area (Å²) in [6, 6.07) is 2.97. The highest BCUT2D eigenvalue weighted by atomic mass is 19.3. The fourth-order valence-electron chi connectivity index (χ4n) is 5.23. The lowest BCUT2D eigenvalue weighted by atomic mass is 9.71. The third kappa shape index (κ3) is 6.04. The van der Waals surface area contributed by atoms with E-state index in [-0.39, 0.29) is 17.2 Å². The van der Waals surface area contributed by atoms with Crippen LogP contribution in [-0.2, 0) is 0 Å². The van der Waals surface area contributed by atoms with Crippen LogP contribution in [0.4, 0.5) is 13.2 Å². The molecular weight excluding hydrogens is 385 g/mol. The number of ether oxygens (including phenoxy) is 1. The molecule has 2 aliphatic carbocycles. The number of alkyl halides is 2. The Kier molecular flexibility index (Phi) is 8.71. The lowest BCUT2D eigenvalue weighted by Gasteiger charge is -2.35. The van der Waals surface area contributed by atoms with Gasteiger partial charge in [-0.2, -0.15) is 0 Å². The molecule has 168 valence electrons. The average Bonchev–Trinajstić information content (AvgIpc) is 2.75. The third-order valence-electron chi connectivity index (χ3n) is 7.22. The molecule has 1 aromatic rings. The topological polar surface area (TPSA) is 9.23 Å². The molecule has 0 aromatic heterocycles. The Morgan fingerprint density at radius 2 is 1.77 bits per heavy atom. The van der Waals surface area contributed by atoms with Gasteiger partial charge in [0.25, 0.3) is 6.43 Å². The summed E-state index contributed by atoms with van der Waals surface area (Å²) in [4.78, 5) is 0. The predicted molar refractivity (Wildman–Crippen MR) is 117 cm³/mol. The second-order valence-corrected chi connectivity index (χ2v) is 9.38. The lowest BCUT2D eigenvalue weighted by molar-refractivity contribution is 0.137. The number of halogens is 3. The van der Waals surface area contributed by atoms with Gasteiger partial charge in [0.1, 0.15) is 11.6 Å². The molecule has 2 unspecified atom stereocenters. The van der Waals surface area contributed by atoms with Crippen molar-refractivity contribution in [1.29, 1.82) is 0 Å². The second-order valence-electron chi connectivity index (χ2n) is 9.38. The number of hydrogen-bond acceptors (Lipinski definition) is 1. The molecule has 0 aliphatic heterocycles. The van der Waals surface area contributed by atoms with Crippen molar-refractivity contribution in [2.24, 2.45) is 23.7 Å². The van der Waals surface area contributed by atoms with Gasteiger partial charge in [-0.3, -0.25) is 0 Å². The molecule has 4 heteroatoms. The Hall–Kier alpha value is -1.45. The van der Waals surface area contributed by atoms with Crippen molar-refractivity contribution in [3.8, 4) is 5.75 Å². The van der Waals surface area contributed by atoms with Crippen molar-refractivity contribution in [3.05, 3.63) is 41.2 Å². The van der Waals surface area contributed by atoms with Crippen LogP contribution in [0.5, 0.6) is 5.75 Å². The molecule has 1 nitrogen and oxygen atoms in total. The second kappa shape index (κ2) is 11.2. The highest BCUT2D eigenvalue weighted by Crippen LogP contribution is 2.40. The number of hydrogen-bond donors (Lipinski definition) is 0. The van der Waals surface area contributed by atoms with E-state index in [4.69, 9.17) is 4.74 Å². The predicted octanol–water partition coefficient (Wildman–Crippen LogP) is 8.42. The number of allylic oxidation sites excluding steroid dienone is 1. The standard InChI is InChI=1S/C26H37F3O/c1-3-4-5-6-19-8-12-21(13-9-19)22-14-10-20(11-15-22)17-30-23-16-7-18(2)25(27)24(23)26(28)29/h7,10,14,16,19-22,26H,3-6,8-9,11-13,15,17H2,1-2H3. The molecule has 0 spiro atoms. The molecule has 30 heavy (non-hydrogen) atoms. The van der Waals surface area contributed by atoms with Crippen LogP contribution in [-0.4, -0.2) is 6.61 Å². The number of aryl methyl sites for hydroxylation is 1. The Morgan fingerprint density at radius 1 is 1.00 bits per heavy atom.